The first-order chi connectivity index (χ1) is 9.27. The SMILES string of the molecule is CNc1c(C(=O)NCCN(C)C)cccc1C(F)(F)F. The summed E-state index contributed by atoms with van der Waals surface area (Å²) >= 11 is 0. The van der Waals surface area contributed by atoms with Crippen molar-refractivity contribution in [3.8, 4) is 0 Å². The molecule has 0 unspecified atom stereocenters. The molecule has 0 aliphatic carbocycles. The van der Waals surface area contributed by atoms with Crippen molar-refractivity contribution in [3.63, 3.8) is 0 Å². The number of rotatable bonds is 5. The quantitative estimate of drug-likeness (QED) is 0.872. The topological polar surface area (TPSA) is 44.4 Å². The minimum absolute atomic E-state index is 0.0129. The van der Waals surface area contributed by atoms with Crippen LogP contribution in [0, 0.1) is 0 Å². The second-order valence-electron chi connectivity index (χ2n) is 4.54. The van der Waals surface area contributed by atoms with Gasteiger partial charge in [-0.3, -0.25) is 4.79 Å². The molecule has 1 aromatic rings. The van der Waals surface area contributed by atoms with Crippen LogP contribution in [-0.2, 0) is 6.18 Å². The second kappa shape index (κ2) is 6.60. The average molecular weight is 289 g/mol. The zero-order chi connectivity index (χ0) is 15.3. The zero-order valence-corrected chi connectivity index (χ0v) is 11.6. The molecule has 1 rings (SSSR count). The van der Waals surface area contributed by atoms with Crippen LogP contribution in [-0.4, -0.2) is 45.0 Å². The average Bonchev–Trinajstić information content (AvgIpc) is 2.36. The predicted octanol–water partition coefficient (Wildman–Crippen LogP) is 2.04. The molecule has 1 amide bonds. The Bertz CT molecular complexity index is 472. The number of nitrogens with one attached hydrogen (secondary N) is 2. The molecular formula is C13H18F3N3O. The van der Waals surface area contributed by atoms with Gasteiger partial charge in [0, 0.05) is 20.1 Å². The second-order valence-corrected chi connectivity index (χ2v) is 4.54. The molecule has 2 N–H and O–H groups in total. The van der Waals surface area contributed by atoms with Gasteiger partial charge in [0.1, 0.15) is 0 Å². The van der Waals surface area contributed by atoms with Crippen molar-refractivity contribution in [3.05, 3.63) is 29.3 Å². The fourth-order valence-corrected chi connectivity index (χ4v) is 1.74. The van der Waals surface area contributed by atoms with Crippen molar-refractivity contribution in [1.29, 1.82) is 0 Å². The largest absolute Gasteiger partial charge is 0.418 e. The van der Waals surface area contributed by atoms with E-state index < -0.39 is 17.6 Å². The summed E-state index contributed by atoms with van der Waals surface area (Å²) < 4.78 is 38.6. The molecule has 0 aliphatic heterocycles. The van der Waals surface area contributed by atoms with Crippen LogP contribution in [0.15, 0.2) is 18.2 Å². The molecule has 0 saturated heterocycles. The molecule has 0 aliphatic rings. The van der Waals surface area contributed by atoms with Gasteiger partial charge in [0.05, 0.1) is 16.8 Å². The van der Waals surface area contributed by atoms with Crippen molar-refractivity contribution >= 4 is 11.6 Å². The smallest absolute Gasteiger partial charge is 0.387 e. The Hall–Kier alpha value is -1.76. The molecule has 4 nitrogen and oxygen atoms in total. The molecule has 0 bridgehead atoms. The van der Waals surface area contributed by atoms with Crippen molar-refractivity contribution in [2.45, 2.75) is 6.18 Å². The molecule has 0 atom stereocenters. The molecule has 20 heavy (non-hydrogen) atoms. The Morgan fingerprint density at radius 2 is 1.95 bits per heavy atom. The maximum absolute atomic E-state index is 12.9. The van der Waals surface area contributed by atoms with Gasteiger partial charge in [-0.2, -0.15) is 13.2 Å². The van der Waals surface area contributed by atoms with Gasteiger partial charge in [-0.05, 0) is 26.2 Å². The summed E-state index contributed by atoms with van der Waals surface area (Å²) in [5.41, 5.74) is -1.07. The van der Waals surface area contributed by atoms with E-state index in [1.807, 2.05) is 19.0 Å². The Kier molecular flexibility index (Phi) is 5.38. The summed E-state index contributed by atoms with van der Waals surface area (Å²) in [5, 5.41) is 5.06. The van der Waals surface area contributed by atoms with Crippen LogP contribution < -0.4 is 10.6 Å². The van der Waals surface area contributed by atoms with E-state index in [0.717, 1.165) is 6.07 Å². The van der Waals surface area contributed by atoms with Crippen molar-refractivity contribution in [1.82, 2.24) is 10.2 Å². The van der Waals surface area contributed by atoms with Gasteiger partial charge in [-0.1, -0.05) is 6.07 Å². The van der Waals surface area contributed by atoms with Crippen LogP contribution in [0.4, 0.5) is 18.9 Å². The van der Waals surface area contributed by atoms with Crippen LogP contribution in [0.3, 0.4) is 0 Å². The van der Waals surface area contributed by atoms with Crippen molar-refractivity contribution in [2.24, 2.45) is 0 Å². The normalized spacial score (nSPS) is 11.6. The number of anilines is 1. The molecule has 1 aromatic carbocycles. The van der Waals surface area contributed by atoms with E-state index in [1.54, 1.807) is 0 Å². The van der Waals surface area contributed by atoms with Crippen LogP contribution in [0.5, 0.6) is 0 Å². The van der Waals surface area contributed by atoms with E-state index in [1.165, 1.54) is 19.2 Å². The Balaban J connectivity index is 2.97. The number of carbonyl (C=O) groups is 1. The minimum Gasteiger partial charge on any atom is -0.387 e. The first-order valence-corrected chi connectivity index (χ1v) is 6.08. The summed E-state index contributed by atoms with van der Waals surface area (Å²) in [7, 11) is 5.05. The number of amides is 1. The number of hydrogen-bond acceptors (Lipinski definition) is 3. The monoisotopic (exact) mass is 289 g/mol. The van der Waals surface area contributed by atoms with Gasteiger partial charge >= 0.3 is 6.18 Å². The predicted molar refractivity (Wildman–Crippen MR) is 71.9 cm³/mol. The number of alkyl halides is 3. The third-order valence-electron chi connectivity index (χ3n) is 2.71. The fraction of sp³-hybridized carbons (Fsp3) is 0.462. The van der Waals surface area contributed by atoms with Crippen molar-refractivity contribution < 1.29 is 18.0 Å². The number of halogens is 3. The molecule has 0 heterocycles. The van der Waals surface area contributed by atoms with Gasteiger partial charge in [0.2, 0.25) is 0 Å². The third-order valence-corrected chi connectivity index (χ3v) is 2.71. The lowest BCUT2D eigenvalue weighted by atomic mass is 10.1. The fourth-order valence-electron chi connectivity index (χ4n) is 1.74. The number of hydrogen-bond donors (Lipinski definition) is 2. The molecule has 0 saturated carbocycles. The first-order valence-electron chi connectivity index (χ1n) is 6.08. The molecule has 0 radical (unpaired) electrons. The minimum atomic E-state index is -4.50. The number of para-hydroxylation sites is 1. The first kappa shape index (κ1) is 16.3. The highest BCUT2D eigenvalue weighted by atomic mass is 19.4. The lowest BCUT2D eigenvalue weighted by Crippen LogP contribution is -2.32. The van der Waals surface area contributed by atoms with E-state index in [4.69, 9.17) is 0 Å². The number of benzene rings is 1. The molecule has 7 heteroatoms. The van der Waals surface area contributed by atoms with E-state index >= 15 is 0 Å². The van der Waals surface area contributed by atoms with Gasteiger partial charge in [-0.15, -0.1) is 0 Å². The Morgan fingerprint density at radius 1 is 1.30 bits per heavy atom. The Labute approximate surface area is 116 Å². The number of nitrogens with zero attached hydrogens (tertiary/aromatic N) is 1. The van der Waals surface area contributed by atoms with E-state index in [9.17, 15) is 18.0 Å². The van der Waals surface area contributed by atoms with Crippen LogP contribution in [0.25, 0.3) is 0 Å². The van der Waals surface area contributed by atoms with Gasteiger partial charge in [-0.25, -0.2) is 0 Å². The lowest BCUT2D eigenvalue weighted by molar-refractivity contribution is -0.136. The van der Waals surface area contributed by atoms with Crippen LogP contribution in [0.1, 0.15) is 15.9 Å². The summed E-state index contributed by atoms with van der Waals surface area (Å²) in [5.74, 6) is -0.526. The van der Waals surface area contributed by atoms with E-state index in [-0.39, 0.29) is 11.3 Å². The number of likely N-dealkylation sites (N-methyl/N-ethyl adjacent to an activating group) is 1. The molecule has 0 aromatic heterocycles. The molecular weight excluding hydrogens is 271 g/mol. The Morgan fingerprint density at radius 3 is 2.45 bits per heavy atom. The van der Waals surface area contributed by atoms with E-state index in [0.29, 0.717) is 13.1 Å². The van der Waals surface area contributed by atoms with Crippen LogP contribution >= 0.6 is 0 Å². The standard InChI is InChI=1S/C13H18F3N3O/c1-17-11-9(12(20)18-7-8-19(2)3)5-4-6-10(11)13(14,15)16/h4-6,17H,7-8H2,1-3H3,(H,18,20). The highest BCUT2D eigenvalue weighted by Crippen LogP contribution is 2.36. The van der Waals surface area contributed by atoms with Gasteiger partial charge < -0.3 is 15.5 Å². The zero-order valence-electron chi connectivity index (χ0n) is 11.6. The summed E-state index contributed by atoms with van der Waals surface area (Å²) in [6, 6.07) is 3.54. The summed E-state index contributed by atoms with van der Waals surface area (Å²) in [4.78, 5) is 13.8. The van der Waals surface area contributed by atoms with Gasteiger partial charge in [0.15, 0.2) is 0 Å². The van der Waals surface area contributed by atoms with Crippen molar-refractivity contribution in [2.75, 3.05) is 39.5 Å². The maximum atomic E-state index is 12.9. The molecule has 0 spiro atoms. The van der Waals surface area contributed by atoms with Crippen LogP contribution in [0.2, 0.25) is 0 Å². The summed E-state index contributed by atoms with van der Waals surface area (Å²) in [6.45, 7) is 0.977. The molecule has 0 fully saturated rings. The highest BCUT2D eigenvalue weighted by Gasteiger charge is 2.34. The van der Waals surface area contributed by atoms with Gasteiger partial charge in [0.25, 0.3) is 5.91 Å². The maximum Gasteiger partial charge on any atom is 0.418 e. The third kappa shape index (κ3) is 4.12. The lowest BCUT2D eigenvalue weighted by Gasteiger charge is -2.16. The number of carbonyl (C=O) groups excluding carboxylic acids is 1. The van der Waals surface area contributed by atoms with E-state index in [2.05, 4.69) is 10.6 Å². The highest BCUT2D eigenvalue weighted by molar-refractivity contribution is 6.00. The molecule has 112 valence electrons. The summed E-state index contributed by atoms with van der Waals surface area (Å²) in [6.07, 6.45) is -4.50.